The molecule has 0 amide bonds. The quantitative estimate of drug-likeness (QED) is 0.797. The van der Waals surface area contributed by atoms with Crippen LogP contribution in [0, 0.1) is 11.8 Å². The minimum atomic E-state index is -3.80. The van der Waals surface area contributed by atoms with Crippen LogP contribution in [-0.4, -0.2) is 13.4 Å². The molecule has 0 fully saturated rings. The third-order valence-electron chi connectivity index (χ3n) is 2.38. The molecule has 0 saturated heterocycles. The normalized spacial score (nSPS) is 11.2. The molecule has 0 saturated carbocycles. The standard InChI is InChI=1S/C12H10N2O3S/c1-9-7-11(14-15)12(13-8-9)18(16,17)10-5-3-2-4-6-10/h2-8H,1H3. The van der Waals surface area contributed by atoms with Gasteiger partial charge in [0, 0.05) is 6.20 Å². The summed E-state index contributed by atoms with van der Waals surface area (Å²) in [6, 6.07) is 9.22. The van der Waals surface area contributed by atoms with Gasteiger partial charge in [-0.15, -0.1) is 4.91 Å². The highest BCUT2D eigenvalue weighted by Crippen LogP contribution is 2.27. The van der Waals surface area contributed by atoms with Crippen LogP contribution < -0.4 is 0 Å². The monoisotopic (exact) mass is 262 g/mol. The van der Waals surface area contributed by atoms with Gasteiger partial charge in [0.1, 0.15) is 5.69 Å². The van der Waals surface area contributed by atoms with Gasteiger partial charge in [0.2, 0.25) is 9.84 Å². The first-order chi connectivity index (χ1) is 8.55. The van der Waals surface area contributed by atoms with Crippen molar-refractivity contribution in [3.8, 4) is 0 Å². The Labute approximate surface area is 104 Å². The largest absolute Gasteiger partial charge is 0.242 e. The molecule has 5 nitrogen and oxygen atoms in total. The molecule has 18 heavy (non-hydrogen) atoms. The number of benzene rings is 1. The van der Waals surface area contributed by atoms with E-state index in [2.05, 4.69) is 10.2 Å². The highest BCUT2D eigenvalue weighted by atomic mass is 32.2. The van der Waals surface area contributed by atoms with Gasteiger partial charge in [0.25, 0.3) is 0 Å². The first kappa shape index (κ1) is 12.4. The molecule has 0 atom stereocenters. The zero-order valence-electron chi connectivity index (χ0n) is 9.57. The van der Waals surface area contributed by atoms with Crippen LogP contribution in [0.1, 0.15) is 5.56 Å². The predicted molar refractivity (Wildman–Crippen MR) is 66.3 cm³/mol. The maximum Gasteiger partial charge on any atom is 0.226 e. The molecule has 0 N–H and O–H groups in total. The number of sulfone groups is 1. The number of nitrogens with zero attached hydrogens (tertiary/aromatic N) is 2. The summed E-state index contributed by atoms with van der Waals surface area (Å²) in [6.45, 7) is 1.71. The highest BCUT2D eigenvalue weighted by Gasteiger charge is 2.23. The molecule has 0 spiro atoms. The van der Waals surface area contributed by atoms with Crippen LogP contribution in [0.15, 0.2) is 57.7 Å². The molecule has 92 valence electrons. The van der Waals surface area contributed by atoms with E-state index in [0.29, 0.717) is 5.56 Å². The smallest absolute Gasteiger partial charge is 0.226 e. The minimum Gasteiger partial charge on any atom is -0.242 e. The number of aromatic nitrogens is 1. The summed E-state index contributed by atoms with van der Waals surface area (Å²) >= 11 is 0. The van der Waals surface area contributed by atoms with Gasteiger partial charge < -0.3 is 0 Å². The maximum atomic E-state index is 12.3. The number of pyridine rings is 1. The summed E-state index contributed by atoms with van der Waals surface area (Å²) in [4.78, 5) is 14.6. The molecular weight excluding hydrogens is 252 g/mol. The third kappa shape index (κ3) is 2.14. The van der Waals surface area contributed by atoms with Crippen molar-refractivity contribution < 1.29 is 8.42 Å². The van der Waals surface area contributed by atoms with Gasteiger partial charge >= 0.3 is 0 Å². The minimum absolute atomic E-state index is 0.0891. The third-order valence-corrected chi connectivity index (χ3v) is 4.09. The lowest BCUT2D eigenvalue weighted by molar-refractivity contribution is 0.592. The second-order valence-corrected chi connectivity index (χ2v) is 5.61. The van der Waals surface area contributed by atoms with Gasteiger partial charge in [-0.25, -0.2) is 13.4 Å². The SMILES string of the molecule is Cc1cnc(S(=O)(=O)c2ccccc2)c(N=O)c1. The zero-order valence-corrected chi connectivity index (χ0v) is 10.4. The van der Waals surface area contributed by atoms with Gasteiger partial charge in [0.05, 0.1) is 4.90 Å². The van der Waals surface area contributed by atoms with Crippen LogP contribution in [0.5, 0.6) is 0 Å². The molecule has 2 aromatic rings. The Morgan fingerprint density at radius 2 is 1.83 bits per heavy atom. The summed E-state index contributed by atoms with van der Waals surface area (Å²) in [5.74, 6) is 0. The lowest BCUT2D eigenvalue weighted by Crippen LogP contribution is -2.04. The van der Waals surface area contributed by atoms with Gasteiger partial charge in [0.15, 0.2) is 5.03 Å². The van der Waals surface area contributed by atoms with Crippen LogP contribution in [0.2, 0.25) is 0 Å². The summed E-state index contributed by atoms with van der Waals surface area (Å²) in [5.41, 5.74) is 0.510. The van der Waals surface area contributed by atoms with E-state index in [4.69, 9.17) is 0 Å². The Morgan fingerprint density at radius 1 is 1.17 bits per heavy atom. The average molecular weight is 262 g/mol. The number of nitroso groups, excluding NO2 is 1. The lowest BCUT2D eigenvalue weighted by atomic mass is 10.3. The fraction of sp³-hybridized carbons (Fsp3) is 0.0833. The number of aryl methyl sites for hydroxylation is 1. The second kappa shape index (κ2) is 4.66. The maximum absolute atomic E-state index is 12.3. The molecule has 0 aliphatic heterocycles. The van der Waals surface area contributed by atoms with Crippen molar-refractivity contribution in [2.24, 2.45) is 5.18 Å². The van der Waals surface area contributed by atoms with Crippen LogP contribution in [0.25, 0.3) is 0 Å². The van der Waals surface area contributed by atoms with Crippen LogP contribution in [0.4, 0.5) is 5.69 Å². The highest BCUT2D eigenvalue weighted by molar-refractivity contribution is 7.91. The second-order valence-electron chi connectivity index (χ2n) is 3.74. The molecule has 6 heteroatoms. The van der Waals surface area contributed by atoms with Gasteiger partial charge in [-0.3, -0.25) is 0 Å². The van der Waals surface area contributed by atoms with E-state index in [1.807, 2.05) is 0 Å². The van der Waals surface area contributed by atoms with Crippen LogP contribution in [-0.2, 0) is 9.84 Å². The van der Waals surface area contributed by atoms with Crippen molar-refractivity contribution in [2.75, 3.05) is 0 Å². The zero-order chi connectivity index (χ0) is 13.2. The van der Waals surface area contributed by atoms with Crippen molar-refractivity contribution >= 4 is 15.5 Å². The summed E-state index contributed by atoms with van der Waals surface area (Å²) in [5, 5.41) is 2.42. The summed E-state index contributed by atoms with van der Waals surface area (Å²) < 4.78 is 24.5. The molecule has 0 aliphatic carbocycles. The van der Waals surface area contributed by atoms with Crippen molar-refractivity contribution in [2.45, 2.75) is 16.8 Å². The Balaban J connectivity index is 2.66. The Kier molecular flexibility index (Phi) is 3.20. The van der Waals surface area contributed by atoms with Crippen molar-refractivity contribution in [1.82, 2.24) is 4.98 Å². The van der Waals surface area contributed by atoms with Gasteiger partial charge in [-0.1, -0.05) is 18.2 Å². The molecule has 2 rings (SSSR count). The summed E-state index contributed by atoms with van der Waals surface area (Å²) in [7, 11) is -3.80. The Morgan fingerprint density at radius 3 is 2.44 bits per heavy atom. The molecule has 1 aromatic heterocycles. The van der Waals surface area contributed by atoms with E-state index >= 15 is 0 Å². The van der Waals surface area contributed by atoms with Gasteiger partial charge in [-0.05, 0) is 35.9 Å². The van der Waals surface area contributed by atoms with E-state index in [1.165, 1.54) is 24.4 Å². The predicted octanol–water partition coefficient (Wildman–Crippen LogP) is 2.62. The number of rotatable bonds is 3. The summed E-state index contributed by atoms with van der Waals surface area (Å²) in [6.07, 6.45) is 1.39. The van der Waals surface area contributed by atoms with E-state index < -0.39 is 9.84 Å². The number of hydrogen-bond donors (Lipinski definition) is 0. The molecule has 1 heterocycles. The van der Waals surface area contributed by atoms with Crippen molar-refractivity contribution in [1.29, 1.82) is 0 Å². The van der Waals surface area contributed by atoms with E-state index in [9.17, 15) is 13.3 Å². The first-order valence-corrected chi connectivity index (χ1v) is 6.64. The fourth-order valence-electron chi connectivity index (χ4n) is 1.52. The molecule has 0 bridgehead atoms. The van der Waals surface area contributed by atoms with Crippen LogP contribution in [0.3, 0.4) is 0 Å². The van der Waals surface area contributed by atoms with E-state index in [0.717, 1.165) is 0 Å². The van der Waals surface area contributed by atoms with Crippen molar-refractivity contribution in [3.05, 3.63) is 53.1 Å². The lowest BCUT2D eigenvalue weighted by Gasteiger charge is -2.05. The molecular formula is C12H10N2O3S. The van der Waals surface area contributed by atoms with Gasteiger partial charge in [-0.2, -0.15) is 0 Å². The topological polar surface area (TPSA) is 76.5 Å². The first-order valence-electron chi connectivity index (χ1n) is 5.16. The molecule has 1 aromatic carbocycles. The molecule has 0 radical (unpaired) electrons. The molecule has 0 unspecified atom stereocenters. The molecule has 0 aliphatic rings. The Hall–Kier alpha value is -2.08. The number of hydrogen-bond acceptors (Lipinski definition) is 5. The van der Waals surface area contributed by atoms with Crippen molar-refractivity contribution in [3.63, 3.8) is 0 Å². The van der Waals surface area contributed by atoms with E-state index in [-0.39, 0.29) is 15.6 Å². The average Bonchev–Trinajstić information content (AvgIpc) is 2.39. The fourth-order valence-corrected chi connectivity index (χ4v) is 2.83. The Bertz CT molecular complexity index is 682. The van der Waals surface area contributed by atoms with E-state index in [1.54, 1.807) is 25.1 Å². The van der Waals surface area contributed by atoms with Crippen LogP contribution >= 0.6 is 0 Å².